The van der Waals surface area contributed by atoms with Gasteiger partial charge >= 0.3 is 0 Å². The summed E-state index contributed by atoms with van der Waals surface area (Å²) in [6, 6.07) is 22.2. The van der Waals surface area contributed by atoms with Gasteiger partial charge in [-0.05, 0) is 48.2 Å². The number of rotatable bonds is 9. The molecular weight excluding hydrogens is 454 g/mol. The zero-order valence-corrected chi connectivity index (χ0v) is 19.6. The van der Waals surface area contributed by atoms with Gasteiger partial charge < -0.3 is 9.26 Å². The van der Waals surface area contributed by atoms with Crippen LogP contribution in [-0.2, 0) is 12.2 Å². The lowest BCUT2D eigenvalue weighted by molar-refractivity contribution is 0.340. The number of nitrogens with zero attached hydrogens (tertiary/aromatic N) is 5. The van der Waals surface area contributed by atoms with Crippen LogP contribution in [0.25, 0.3) is 16.5 Å². The Balaban J connectivity index is 1.41. The van der Waals surface area contributed by atoms with E-state index in [9.17, 15) is 0 Å². The predicted octanol–water partition coefficient (Wildman–Crippen LogP) is 5.66. The summed E-state index contributed by atoms with van der Waals surface area (Å²) in [4.78, 5) is 5.47. The lowest BCUT2D eigenvalue weighted by atomic mass is 10.1. The first kappa shape index (κ1) is 21.4. The van der Waals surface area contributed by atoms with Crippen molar-refractivity contribution in [3.8, 4) is 22.2 Å². The van der Waals surface area contributed by atoms with Crippen LogP contribution in [0.2, 0.25) is 0 Å². The van der Waals surface area contributed by atoms with E-state index < -0.39 is 0 Å². The number of hydrogen-bond donors (Lipinski definition) is 0. The summed E-state index contributed by atoms with van der Waals surface area (Å²) in [6.07, 6.45) is 0.673. The highest BCUT2D eigenvalue weighted by Crippen LogP contribution is 2.28. The number of aromatic nitrogens is 5. The number of thiophene rings is 1. The number of thioether (sulfide) groups is 1. The van der Waals surface area contributed by atoms with Gasteiger partial charge in [0.1, 0.15) is 11.6 Å². The average molecular weight is 476 g/mol. The third-order valence-electron chi connectivity index (χ3n) is 4.84. The van der Waals surface area contributed by atoms with Gasteiger partial charge in [-0.2, -0.15) is 4.98 Å². The standard InChI is InChI=1S/C24H21N5O2S2/c1-2-30-19-12-10-18(11-13-19)29-22(15-17-7-4-3-5-8-17)26-27-24(29)33-16-21-25-23(31-28-21)20-9-6-14-32-20/h3-14H,2,15-16H2,1H3. The minimum absolute atomic E-state index is 0.523. The van der Waals surface area contributed by atoms with Crippen LogP contribution in [0.15, 0.2) is 81.8 Å². The van der Waals surface area contributed by atoms with Gasteiger partial charge in [0, 0.05) is 12.1 Å². The Kier molecular flexibility index (Phi) is 6.50. The summed E-state index contributed by atoms with van der Waals surface area (Å²) >= 11 is 3.10. The molecule has 0 unspecified atom stereocenters. The molecule has 5 aromatic rings. The molecule has 0 atom stereocenters. The number of hydrogen-bond acceptors (Lipinski definition) is 8. The Labute approximate surface area is 199 Å². The zero-order valence-electron chi connectivity index (χ0n) is 17.9. The SMILES string of the molecule is CCOc1ccc(-n2c(Cc3ccccc3)nnc2SCc2noc(-c3cccs3)n2)cc1. The fraction of sp³-hybridized carbons (Fsp3) is 0.167. The van der Waals surface area contributed by atoms with Gasteiger partial charge in [-0.15, -0.1) is 21.5 Å². The maximum atomic E-state index is 5.60. The molecule has 0 N–H and O–H groups in total. The van der Waals surface area contributed by atoms with E-state index in [4.69, 9.17) is 9.26 Å². The topological polar surface area (TPSA) is 78.9 Å². The molecule has 0 amide bonds. The molecule has 9 heteroatoms. The van der Waals surface area contributed by atoms with Crippen LogP contribution in [0, 0.1) is 0 Å². The van der Waals surface area contributed by atoms with Gasteiger partial charge in [0.25, 0.3) is 5.89 Å². The van der Waals surface area contributed by atoms with E-state index in [1.807, 2.05) is 66.9 Å². The van der Waals surface area contributed by atoms with Gasteiger partial charge in [0.05, 0.1) is 17.2 Å². The van der Waals surface area contributed by atoms with Crippen molar-refractivity contribution in [1.82, 2.24) is 24.9 Å². The van der Waals surface area contributed by atoms with Crippen LogP contribution in [-0.4, -0.2) is 31.5 Å². The Morgan fingerprint density at radius 2 is 1.85 bits per heavy atom. The summed E-state index contributed by atoms with van der Waals surface area (Å²) in [5.74, 6) is 3.38. The van der Waals surface area contributed by atoms with Crippen LogP contribution >= 0.6 is 23.1 Å². The van der Waals surface area contributed by atoms with Crippen molar-refractivity contribution in [2.24, 2.45) is 0 Å². The van der Waals surface area contributed by atoms with Gasteiger partial charge in [0.15, 0.2) is 11.0 Å². The highest BCUT2D eigenvalue weighted by atomic mass is 32.2. The molecule has 0 saturated carbocycles. The van der Waals surface area contributed by atoms with E-state index in [1.54, 1.807) is 11.3 Å². The quantitative estimate of drug-likeness (QED) is 0.255. The largest absolute Gasteiger partial charge is 0.494 e. The smallest absolute Gasteiger partial charge is 0.268 e. The van der Waals surface area contributed by atoms with Crippen LogP contribution < -0.4 is 4.74 Å². The van der Waals surface area contributed by atoms with E-state index in [2.05, 4.69) is 37.0 Å². The number of ether oxygens (including phenoxy) is 1. The van der Waals surface area contributed by atoms with Crippen molar-refractivity contribution in [2.45, 2.75) is 24.3 Å². The van der Waals surface area contributed by atoms with E-state index in [0.717, 1.165) is 27.3 Å². The zero-order chi connectivity index (χ0) is 22.5. The molecule has 0 saturated heterocycles. The van der Waals surface area contributed by atoms with Crippen LogP contribution in [0.3, 0.4) is 0 Å². The third-order valence-corrected chi connectivity index (χ3v) is 6.62. The van der Waals surface area contributed by atoms with Crippen molar-refractivity contribution < 1.29 is 9.26 Å². The highest BCUT2D eigenvalue weighted by Gasteiger charge is 2.17. The molecule has 3 aromatic heterocycles. The lowest BCUT2D eigenvalue weighted by Crippen LogP contribution is -2.04. The fourth-order valence-corrected chi connectivity index (χ4v) is 4.80. The van der Waals surface area contributed by atoms with Crippen molar-refractivity contribution in [3.05, 3.63) is 89.3 Å². The van der Waals surface area contributed by atoms with Gasteiger partial charge in [-0.3, -0.25) is 4.57 Å². The Morgan fingerprint density at radius 1 is 1.00 bits per heavy atom. The molecule has 5 rings (SSSR count). The van der Waals surface area contributed by atoms with E-state index in [1.165, 1.54) is 17.3 Å². The lowest BCUT2D eigenvalue weighted by Gasteiger charge is -2.11. The Bertz CT molecular complexity index is 1300. The minimum Gasteiger partial charge on any atom is -0.494 e. The monoisotopic (exact) mass is 475 g/mol. The molecule has 0 fully saturated rings. The van der Waals surface area contributed by atoms with Gasteiger partial charge in [0.2, 0.25) is 0 Å². The van der Waals surface area contributed by atoms with Gasteiger partial charge in [-0.25, -0.2) is 0 Å². The van der Waals surface area contributed by atoms with E-state index in [-0.39, 0.29) is 0 Å². The summed E-state index contributed by atoms with van der Waals surface area (Å²) in [7, 11) is 0. The first-order chi connectivity index (χ1) is 16.3. The van der Waals surface area contributed by atoms with Gasteiger partial charge in [-0.1, -0.05) is 53.3 Å². The third kappa shape index (κ3) is 4.99. The Morgan fingerprint density at radius 3 is 2.61 bits per heavy atom. The van der Waals surface area contributed by atoms with Crippen molar-refractivity contribution in [2.75, 3.05) is 6.61 Å². The fourth-order valence-electron chi connectivity index (χ4n) is 3.35. The molecule has 0 spiro atoms. The first-order valence-electron chi connectivity index (χ1n) is 10.5. The summed E-state index contributed by atoms with van der Waals surface area (Å²) in [5, 5.41) is 15.9. The summed E-state index contributed by atoms with van der Waals surface area (Å²) in [6.45, 7) is 2.60. The normalized spacial score (nSPS) is 11.1. The second kappa shape index (κ2) is 10.0. The van der Waals surface area contributed by atoms with Crippen molar-refractivity contribution in [3.63, 3.8) is 0 Å². The molecule has 2 aromatic carbocycles. The predicted molar refractivity (Wildman–Crippen MR) is 129 cm³/mol. The second-order valence-corrected chi connectivity index (χ2v) is 9.00. The molecule has 0 aliphatic rings. The number of benzene rings is 2. The molecule has 0 radical (unpaired) electrons. The molecule has 7 nitrogen and oxygen atoms in total. The maximum absolute atomic E-state index is 5.60. The summed E-state index contributed by atoms with van der Waals surface area (Å²) < 4.78 is 13.1. The molecule has 0 aliphatic carbocycles. The van der Waals surface area contributed by atoms with E-state index in [0.29, 0.717) is 30.5 Å². The first-order valence-corrected chi connectivity index (χ1v) is 12.4. The average Bonchev–Trinajstić information content (AvgIpc) is 3.60. The highest BCUT2D eigenvalue weighted by molar-refractivity contribution is 7.98. The molecule has 166 valence electrons. The van der Waals surface area contributed by atoms with E-state index >= 15 is 0 Å². The molecule has 3 heterocycles. The van der Waals surface area contributed by atoms with Crippen LogP contribution in [0.4, 0.5) is 0 Å². The minimum atomic E-state index is 0.523. The van der Waals surface area contributed by atoms with Crippen LogP contribution in [0.5, 0.6) is 5.75 Å². The maximum Gasteiger partial charge on any atom is 0.268 e. The Hall–Kier alpha value is -3.43. The molecule has 33 heavy (non-hydrogen) atoms. The molecule has 0 aliphatic heterocycles. The summed E-state index contributed by atoms with van der Waals surface area (Å²) in [5.41, 5.74) is 2.15. The molecule has 0 bridgehead atoms. The second-order valence-electron chi connectivity index (χ2n) is 7.11. The van der Waals surface area contributed by atoms with Crippen molar-refractivity contribution >= 4 is 23.1 Å². The molecular formula is C24H21N5O2S2. The van der Waals surface area contributed by atoms with Crippen molar-refractivity contribution in [1.29, 1.82) is 0 Å². The van der Waals surface area contributed by atoms with Crippen LogP contribution in [0.1, 0.15) is 24.1 Å².